The molecule has 2 N–H and O–H groups in total. The highest BCUT2D eigenvalue weighted by atomic mass is 16.6. The molecule has 1 aliphatic rings. The Bertz CT molecular complexity index is 1370. The first kappa shape index (κ1) is 25.4. The number of carbonyl (C=O) groups excluding carboxylic acids is 1. The van der Waals surface area contributed by atoms with Gasteiger partial charge in [0.15, 0.2) is 6.61 Å². The van der Waals surface area contributed by atoms with E-state index in [9.17, 15) is 10.1 Å². The summed E-state index contributed by atoms with van der Waals surface area (Å²) < 4.78 is 22.4. The third-order valence-corrected chi connectivity index (χ3v) is 5.88. The van der Waals surface area contributed by atoms with Crippen molar-refractivity contribution in [2.45, 2.75) is 25.7 Å². The number of carbonyl (C=O) groups is 1. The molecule has 1 atom stereocenters. The van der Waals surface area contributed by atoms with Crippen LogP contribution in [0.3, 0.4) is 0 Å². The number of nitriles is 1. The largest absolute Gasteiger partial charge is 0.490 e. The van der Waals surface area contributed by atoms with Crippen molar-refractivity contribution in [1.29, 1.82) is 5.26 Å². The van der Waals surface area contributed by atoms with Crippen molar-refractivity contribution < 1.29 is 23.7 Å². The normalized spacial score (nSPS) is 14.3. The predicted octanol–water partition coefficient (Wildman–Crippen LogP) is 5.58. The van der Waals surface area contributed by atoms with Crippen molar-refractivity contribution >= 4 is 5.97 Å². The first-order valence-corrected chi connectivity index (χ1v) is 11.9. The summed E-state index contributed by atoms with van der Waals surface area (Å²) in [5.74, 6) is 1.27. The molecule has 0 saturated heterocycles. The Morgan fingerprint density at radius 1 is 1.08 bits per heavy atom. The Kier molecular flexibility index (Phi) is 7.80. The smallest absolute Gasteiger partial charge is 0.349 e. The fraction of sp³-hybridized carbons (Fsp3) is 0.200. The molecular weight excluding hydrogens is 468 g/mol. The van der Waals surface area contributed by atoms with Crippen LogP contribution in [-0.4, -0.2) is 19.2 Å². The van der Waals surface area contributed by atoms with Crippen LogP contribution in [0.25, 0.3) is 0 Å². The molecule has 0 aliphatic carbocycles. The van der Waals surface area contributed by atoms with Gasteiger partial charge in [0.25, 0.3) is 0 Å². The first-order chi connectivity index (χ1) is 17.9. The summed E-state index contributed by atoms with van der Waals surface area (Å²) in [5, 5.41) is 9.80. The molecule has 188 valence electrons. The monoisotopic (exact) mass is 496 g/mol. The van der Waals surface area contributed by atoms with Gasteiger partial charge >= 0.3 is 5.97 Å². The Balaban J connectivity index is 1.51. The summed E-state index contributed by atoms with van der Waals surface area (Å²) in [7, 11) is 0. The second-order valence-corrected chi connectivity index (χ2v) is 8.78. The van der Waals surface area contributed by atoms with Crippen molar-refractivity contribution in [3.63, 3.8) is 0 Å². The molecule has 37 heavy (non-hydrogen) atoms. The van der Waals surface area contributed by atoms with E-state index >= 15 is 0 Å². The standard InChI is InChI=1S/C30H28N2O5/c1-4-14-34-23-7-5-6-21(15-23)29-25-13-12-24(16-27(25)37-30(32)26(29)17-31)36-28(33)18-35-22-10-8-20(9-11-22)19(2)3/h4-13,15-16,19,29H,1,14,18,32H2,2-3H3. The molecule has 1 unspecified atom stereocenters. The van der Waals surface area contributed by atoms with Crippen LogP contribution >= 0.6 is 0 Å². The average Bonchev–Trinajstić information content (AvgIpc) is 2.90. The molecule has 0 fully saturated rings. The lowest BCUT2D eigenvalue weighted by Crippen LogP contribution is -2.21. The third-order valence-electron chi connectivity index (χ3n) is 5.88. The molecule has 0 aromatic heterocycles. The SMILES string of the molecule is C=CCOc1cccc(C2C(C#N)=C(N)Oc3cc(OC(=O)COc4ccc(C(C)C)cc4)ccc32)c1. The van der Waals surface area contributed by atoms with Crippen molar-refractivity contribution in [3.8, 4) is 29.1 Å². The maximum absolute atomic E-state index is 12.4. The highest BCUT2D eigenvalue weighted by molar-refractivity contribution is 5.74. The summed E-state index contributed by atoms with van der Waals surface area (Å²) in [5.41, 5.74) is 9.11. The van der Waals surface area contributed by atoms with Gasteiger partial charge in [-0.05, 0) is 47.4 Å². The molecule has 7 nitrogen and oxygen atoms in total. The van der Waals surface area contributed by atoms with Gasteiger partial charge in [-0.15, -0.1) is 0 Å². The molecule has 7 heteroatoms. The van der Waals surface area contributed by atoms with Gasteiger partial charge in [-0.1, -0.05) is 56.8 Å². The fourth-order valence-electron chi connectivity index (χ4n) is 4.03. The molecule has 4 rings (SSSR count). The first-order valence-electron chi connectivity index (χ1n) is 11.9. The maximum atomic E-state index is 12.4. The summed E-state index contributed by atoms with van der Waals surface area (Å²) in [6.45, 7) is 7.99. The summed E-state index contributed by atoms with van der Waals surface area (Å²) in [4.78, 5) is 12.4. The number of allylic oxidation sites excluding steroid dienone is 1. The molecule has 0 bridgehead atoms. The number of rotatable bonds is 9. The van der Waals surface area contributed by atoms with E-state index in [1.807, 2.05) is 48.5 Å². The highest BCUT2D eigenvalue weighted by Crippen LogP contribution is 2.44. The summed E-state index contributed by atoms with van der Waals surface area (Å²) >= 11 is 0. The quantitative estimate of drug-likeness (QED) is 0.234. The highest BCUT2D eigenvalue weighted by Gasteiger charge is 2.31. The van der Waals surface area contributed by atoms with Crippen molar-refractivity contribution in [2.75, 3.05) is 13.2 Å². The van der Waals surface area contributed by atoms with Crippen LogP contribution in [0.5, 0.6) is 23.0 Å². The second kappa shape index (κ2) is 11.4. The summed E-state index contributed by atoms with van der Waals surface area (Å²) in [6, 6.07) is 22.2. The van der Waals surface area contributed by atoms with Gasteiger partial charge in [0.05, 0.1) is 5.92 Å². The Morgan fingerprint density at radius 3 is 2.54 bits per heavy atom. The molecule has 0 spiro atoms. The van der Waals surface area contributed by atoms with Crippen molar-refractivity contribution in [1.82, 2.24) is 0 Å². The van der Waals surface area contributed by atoms with E-state index in [-0.39, 0.29) is 23.8 Å². The zero-order valence-corrected chi connectivity index (χ0v) is 20.8. The van der Waals surface area contributed by atoms with Gasteiger partial charge in [0.1, 0.15) is 41.2 Å². The van der Waals surface area contributed by atoms with E-state index in [4.69, 9.17) is 24.7 Å². The fourth-order valence-corrected chi connectivity index (χ4v) is 4.03. The average molecular weight is 497 g/mol. The number of esters is 1. The van der Waals surface area contributed by atoms with Crippen LogP contribution in [0.2, 0.25) is 0 Å². The topological polar surface area (TPSA) is 104 Å². The number of hydrogen-bond acceptors (Lipinski definition) is 7. The molecule has 0 amide bonds. The van der Waals surface area contributed by atoms with E-state index < -0.39 is 11.9 Å². The van der Waals surface area contributed by atoms with Crippen molar-refractivity contribution in [2.24, 2.45) is 5.73 Å². The van der Waals surface area contributed by atoms with Crippen LogP contribution in [0, 0.1) is 11.3 Å². The predicted molar refractivity (Wildman–Crippen MR) is 140 cm³/mol. The zero-order valence-electron chi connectivity index (χ0n) is 20.8. The van der Waals surface area contributed by atoms with Gasteiger partial charge < -0.3 is 24.7 Å². The number of hydrogen-bond donors (Lipinski definition) is 1. The van der Waals surface area contributed by atoms with E-state index in [1.54, 1.807) is 24.3 Å². The van der Waals surface area contributed by atoms with Crippen LogP contribution in [-0.2, 0) is 4.79 Å². The van der Waals surface area contributed by atoms with Crippen LogP contribution in [0.15, 0.2) is 90.8 Å². The molecule has 0 radical (unpaired) electrons. The molecule has 1 aliphatic heterocycles. The Labute approximate surface area is 216 Å². The number of nitrogens with zero attached hydrogens (tertiary/aromatic N) is 1. The Hall–Kier alpha value is -4.70. The molecule has 1 heterocycles. The van der Waals surface area contributed by atoms with E-state index in [0.717, 1.165) is 5.56 Å². The molecular formula is C30H28N2O5. The summed E-state index contributed by atoms with van der Waals surface area (Å²) in [6.07, 6.45) is 1.66. The van der Waals surface area contributed by atoms with E-state index in [2.05, 4.69) is 26.5 Å². The minimum absolute atomic E-state index is 0.00549. The van der Waals surface area contributed by atoms with E-state index in [0.29, 0.717) is 35.3 Å². The Morgan fingerprint density at radius 2 is 1.84 bits per heavy atom. The van der Waals surface area contributed by atoms with Gasteiger partial charge in [0, 0.05) is 11.6 Å². The molecule has 0 saturated carbocycles. The van der Waals surface area contributed by atoms with Gasteiger partial charge in [0.2, 0.25) is 5.88 Å². The van der Waals surface area contributed by atoms with Gasteiger partial charge in [-0.2, -0.15) is 5.26 Å². The molecule has 3 aromatic carbocycles. The van der Waals surface area contributed by atoms with Crippen LogP contribution in [0.4, 0.5) is 0 Å². The number of ether oxygens (including phenoxy) is 4. The minimum atomic E-state index is -0.562. The van der Waals surface area contributed by atoms with Crippen LogP contribution in [0.1, 0.15) is 42.4 Å². The van der Waals surface area contributed by atoms with E-state index in [1.165, 1.54) is 5.56 Å². The van der Waals surface area contributed by atoms with Crippen LogP contribution < -0.4 is 24.7 Å². The number of nitrogens with two attached hydrogens (primary N) is 1. The zero-order chi connectivity index (χ0) is 26.4. The maximum Gasteiger partial charge on any atom is 0.349 e. The minimum Gasteiger partial charge on any atom is -0.490 e. The lowest BCUT2D eigenvalue weighted by Gasteiger charge is -2.27. The lowest BCUT2D eigenvalue weighted by atomic mass is 9.83. The number of fused-ring (bicyclic) bond motifs is 1. The van der Waals surface area contributed by atoms with Crippen molar-refractivity contribution in [3.05, 3.63) is 108 Å². The third kappa shape index (κ3) is 5.93. The number of benzene rings is 3. The van der Waals surface area contributed by atoms with Gasteiger partial charge in [-0.3, -0.25) is 0 Å². The van der Waals surface area contributed by atoms with Gasteiger partial charge in [-0.25, -0.2) is 4.79 Å². The lowest BCUT2D eigenvalue weighted by molar-refractivity contribution is -0.136. The second-order valence-electron chi connectivity index (χ2n) is 8.78. The molecule has 3 aromatic rings.